The van der Waals surface area contributed by atoms with Crippen molar-refractivity contribution in [3.63, 3.8) is 0 Å². The van der Waals surface area contributed by atoms with Crippen molar-refractivity contribution in [2.45, 2.75) is 10.1 Å². The third-order valence-electron chi connectivity index (χ3n) is 6.84. The molecule has 5 aromatic rings. The van der Waals surface area contributed by atoms with E-state index in [4.69, 9.17) is 16.3 Å². The predicted molar refractivity (Wildman–Crippen MR) is 185 cm³/mol. The zero-order valence-electron chi connectivity index (χ0n) is 25.1. The van der Waals surface area contributed by atoms with Crippen LogP contribution in [-0.2, 0) is 9.59 Å². The summed E-state index contributed by atoms with van der Waals surface area (Å²) in [6.07, 6.45) is 1.28. The molecule has 0 aliphatic rings. The third-order valence-corrected chi connectivity index (χ3v) is 8.38. The van der Waals surface area contributed by atoms with Crippen LogP contribution < -0.4 is 20.7 Å². The zero-order chi connectivity index (χ0) is 33.2. The van der Waals surface area contributed by atoms with Crippen molar-refractivity contribution in [1.82, 2.24) is 5.32 Å². The van der Waals surface area contributed by atoms with Gasteiger partial charge in [0.1, 0.15) is 22.5 Å². The Hall–Kier alpha value is -5.38. The van der Waals surface area contributed by atoms with Crippen molar-refractivity contribution < 1.29 is 23.5 Å². The highest BCUT2D eigenvalue weighted by atomic mass is 35.5. The molecule has 0 saturated heterocycles. The van der Waals surface area contributed by atoms with Crippen LogP contribution in [0.2, 0.25) is 5.02 Å². The van der Waals surface area contributed by atoms with Crippen LogP contribution in [-0.4, -0.2) is 24.8 Å². The first-order chi connectivity index (χ1) is 22.8. The van der Waals surface area contributed by atoms with Crippen LogP contribution >= 0.6 is 23.4 Å². The van der Waals surface area contributed by atoms with Crippen molar-refractivity contribution in [2.24, 2.45) is 0 Å². The summed E-state index contributed by atoms with van der Waals surface area (Å²) in [7, 11) is 1.51. The van der Waals surface area contributed by atoms with E-state index in [9.17, 15) is 18.8 Å². The summed E-state index contributed by atoms with van der Waals surface area (Å²) in [6, 6.07) is 35.6. The van der Waals surface area contributed by atoms with E-state index in [-0.39, 0.29) is 17.2 Å². The molecule has 3 N–H and O–H groups in total. The average molecular weight is 666 g/mol. The molecular formula is C37H29ClFN3O4S. The summed E-state index contributed by atoms with van der Waals surface area (Å²) < 4.78 is 19.7. The second-order valence-corrected chi connectivity index (χ2v) is 11.7. The first-order valence-corrected chi connectivity index (χ1v) is 15.7. The van der Waals surface area contributed by atoms with Crippen LogP contribution in [0, 0.1) is 5.82 Å². The molecule has 0 spiro atoms. The number of ether oxygens (including phenoxy) is 1. The monoisotopic (exact) mass is 665 g/mol. The Kier molecular flexibility index (Phi) is 11.1. The molecule has 0 bridgehead atoms. The van der Waals surface area contributed by atoms with Crippen molar-refractivity contribution >= 4 is 58.5 Å². The maximum absolute atomic E-state index is 14.5. The fourth-order valence-corrected chi connectivity index (χ4v) is 5.87. The molecule has 47 heavy (non-hydrogen) atoms. The van der Waals surface area contributed by atoms with Crippen LogP contribution in [0.5, 0.6) is 5.75 Å². The quantitative estimate of drug-likeness (QED) is 0.0973. The highest BCUT2D eigenvalue weighted by molar-refractivity contribution is 8.00. The molecule has 0 saturated carbocycles. The number of hydrogen-bond donors (Lipinski definition) is 3. The standard InChI is InChI=1S/C37H29ClFN3O4S/c1-46-33-20-19-28(23-30(33)38)41-37(45)34(24-11-4-2-5-12-24)47-29-17-10-16-27(22-29)40-36(44)32(21-26-15-8-9-18-31(26)39)42-35(43)25-13-6-3-7-14-25/h2-23,34H,1H3,(H,40,44)(H,41,45)(H,42,43)/b32-21-. The van der Waals surface area contributed by atoms with Crippen molar-refractivity contribution in [3.8, 4) is 5.75 Å². The Morgan fingerprint density at radius 1 is 0.787 bits per heavy atom. The van der Waals surface area contributed by atoms with E-state index in [0.29, 0.717) is 32.6 Å². The normalized spacial score (nSPS) is 11.7. The Balaban J connectivity index is 1.38. The van der Waals surface area contributed by atoms with Crippen LogP contribution in [0.25, 0.3) is 6.08 Å². The van der Waals surface area contributed by atoms with E-state index in [1.807, 2.05) is 36.4 Å². The highest BCUT2D eigenvalue weighted by Gasteiger charge is 2.23. The van der Waals surface area contributed by atoms with Crippen LogP contribution in [0.15, 0.2) is 138 Å². The number of benzene rings is 5. The van der Waals surface area contributed by atoms with Gasteiger partial charge in [0, 0.05) is 27.4 Å². The largest absolute Gasteiger partial charge is 0.495 e. The van der Waals surface area contributed by atoms with Gasteiger partial charge in [0.05, 0.1) is 12.1 Å². The molecule has 1 atom stereocenters. The molecule has 236 valence electrons. The molecule has 5 aromatic carbocycles. The fraction of sp³-hybridized carbons (Fsp3) is 0.0541. The summed E-state index contributed by atoms with van der Waals surface area (Å²) >= 11 is 7.56. The van der Waals surface area contributed by atoms with E-state index in [0.717, 1.165) is 5.56 Å². The summed E-state index contributed by atoms with van der Waals surface area (Å²) in [5.74, 6) is -1.53. The number of carbonyl (C=O) groups is 3. The third kappa shape index (κ3) is 8.88. The van der Waals surface area contributed by atoms with Gasteiger partial charge in [0.25, 0.3) is 11.8 Å². The smallest absolute Gasteiger partial charge is 0.272 e. The van der Waals surface area contributed by atoms with Gasteiger partial charge in [-0.05, 0) is 66.2 Å². The van der Waals surface area contributed by atoms with E-state index in [1.54, 1.807) is 72.8 Å². The molecule has 0 aliphatic carbocycles. The Morgan fingerprint density at radius 3 is 2.17 bits per heavy atom. The zero-order valence-corrected chi connectivity index (χ0v) is 26.6. The van der Waals surface area contributed by atoms with Gasteiger partial charge >= 0.3 is 0 Å². The Bertz CT molecular complexity index is 1920. The number of carbonyl (C=O) groups excluding carboxylic acids is 3. The molecule has 10 heteroatoms. The topological polar surface area (TPSA) is 96.5 Å². The first-order valence-electron chi connectivity index (χ1n) is 14.4. The average Bonchev–Trinajstić information content (AvgIpc) is 3.08. The number of nitrogens with one attached hydrogen (secondary N) is 3. The van der Waals surface area contributed by atoms with Gasteiger partial charge in [-0.15, -0.1) is 11.8 Å². The van der Waals surface area contributed by atoms with Crippen molar-refractivity contribution in [1.29, 1.82) is 0 Å². The lowest BCUT2D eigenvalue weighted by Gasteiger charge is -2.18. The summed E-state index contributed by atoms with van der Waals surface area (Å²) in [4.78, 5) is 40.8. The number of halogens is 2. The van der Waals surface area contributed by atoms with Gasteiger partial charge in [-0.1, -0.05) is 84.4 Å². The van der Waals surface area contributed by atoms with Crippen molar-refractivity contribution in [2.75, 3.05) is 17.7 Å². The predicted octanol–water partition coefficient (Wildman–Crippen LogP) is 8.37. The lowest BCUT2D eigenvalue weighted by atomic mass is 10.1. The number of amides is 3. The highest BCUT2D eigenvalue weighted by Crippen LogP contribution is 2.38. The van der Waals surface area contributed by atoms with Gasteiger partial charge in [-0.25, -0.2) is 4.39 Å². The van der Waals surface area contributed by atoms with Gasteiger partial charge in [0.2, 0.25) is 5.91 Å². The van der Waals surface area contributed by atoms with Crippen LogP contribution in [0.4, 0.5) is 15.8 Å². The molecule has 1 unspecified atom stereocenters. The second kappa shape index (κ2) is 15.8. The van der Waals surface area contributed by atoms with E-state index in [1.165, 1.54) is 43.1 Å². The van der Waals surface area contributed by atoms with Gasteiger partial charge in [0.15, 0.2) is 0 Å². The summed E-state index contributed by atoms with van der Waals surface area (Å²) in [6.45, 7) is 0. The van der Waals surface area contributed by atoms with E-state index < -0.39 is 22.9 Å². The van der Waals surface area contributed by atoms with E-state index in [2.05, 4.69) is 16.0 Å². The van der Waals surface area contributed by atoms with Gasteiger partial charge in [-0.2, -0.15) is 0 Å². The lowest BCUT2D eigenvalue weighted by Crippen LogP contribution is -2.30. The summed E-state index contributed by atoms with van der Waals surface area (Å²) in [5.41, 5.74) is 1.99. The number of thioether (sulfide) groups is 1. The minimum Gasteiger partial charge on any atom is -0.495 e. The SMILES string of the molecule is COc1ccc(NC(=O)C(Sc2cccc(NC(=O)/C(=C/c3ccccc3F)NC(=O)c3ccccc3)c2)c2ccccc2)cc1Cl. The molecule has 0 fully saturated rings. The number of rotatable bonds is 11. The number of anilines is 2. The Labute approximate surface area is 280 Å². The molecular weight excluding hydrogens is 637 g/mol. The number of methoxy groups -OCH3 is 1. The lowest BCUT2D eigenvalue weighted by molar-refractivity contribution is -0.116. The number of hydrogen-bond acceptors (Lipinski definition) is 5. The van der Waals surface area contributed by atoms with Crippen LogP contribution in [0.1, 0.15) is 26.7 Å². The maximum Gasteiger partial charge on any atom is 0.272 e. The Morgan fingerprint density at radius 2 is 1.47 bits per heavy atom. The summed E-state index contributed by atoms with van der Waals surface area (Å²) in [5, 5.41) is 8.03. The van der Waals surface area contributed by atoms with Gasteiger partial charge < -0.3 is 20.7 Å². The molecule has 5 rings (SSSR count). The van der Waals surface area contributed by atoms with Crippen molar-refractivity contribution in [3.05, 3.63) is 161 Å². The molecule has 0 aliphatic heterocycles. The minimum atomic E-state index is -0.662. The van der Waals surface area contributed by atoms with E-state index >= 15 is 0 Å². The molecule has 3 amide bonds. The first kappa shape index (κ1) is 33.0. The molecule has 0 aromatic heterocycles. The minimum absolute atomic E-state index is 0.130. The van der Waals surface area contributed by atoms with Gasteiger partial charge in [-0.3, -0.25) is 14.4 Å². The molecule has 7 nitrogen and oxygen atoms in total. The van der Waals surface area contributed by atoms with Crippen LogP contribution in [0.3, 0.4) is 0 Å². The molecule has 0 heterocycles. The maximum atomic E-state index is 14.5. The molecule has 0 radical (unpaired) electrons. The fourth-order valence-electron chi connectivity index (χ4n) is 4.52. The second-order valence-electron chi connectivity index (χ2n) is 10.1.